The Hall–Kier alpha value is -0.220. The molecule has 0 spiro atoms. The predicted molar refractivity (Wildman–Crippen MR) is 59.5 cm³/mol. The van der Waals surface area contributed by atoms with Gasteiger partial charge in [-0.15, -0.1) is 0 Å². The molecule has 0 atom stereocenters. The van der Waals surface area contributed by atoms with Gasteiger partial charge < -0.3 is 9.84 Å². The molecular formula is C10H20O3S. The molecule has 0 aromatic carbocycles. The number of rotatable bonds is 9. The molecule has 0 bridgehead atoms. The Morgan fingerprint density at radius 2 is 1.93 bits per heavy atom. The van der Waals surface area contributed by atoms with Crippen molar-refractivity contribution in [1.29, 1.82) is 0 Å². The van der Waals surface area contributed by atoms with Crippen LogP contribution in [0.5, 0.6) is 0 Å². The summed E-state index contributed by atoms with van der Waals surface area (Å²) in [5.41, 5.74) is 0. The van der Waals surface area contributed by atoms with Gasteiger partial charge in [0.1, 0.15) is 0 Å². The molecule has 14 heavy (non-hydrogen) atoms. The van der Waals surface area contributed by atoms with Gasteiger partial charge >= 0.3 is 5.97 Å². The fourth-order valence-electron chi connectivity index (χ4n) is 1.03. The van der Waals surface area contributed by atoms with Crippen LogP contribution in [0.1, 0.15) is 32.1 Å². The van der Waals surface area contributed by atoms with Gasteiger partial charge in [-0.25, -0.2) is 0 Å². The maximum absolute atomic E-state index is 10.7. The lowest BCUT2D eigenvalue weighted by atomic mass is 10.2. The molecule has 84 valence electrons. The zero-order valence-corrected chi connectivity index (χ0v) is 9.65. The minimum Gasteiger partial charge on any atom is -0.469 e. The van der Waals surface area contributed by atoms with Gasteiger partial charge in [-0.2, -0.15) is 11.8 Å². The van der Waals surface area contributed by atoms with Crippen molar-refractivity contribution in [2.45, 2.75) is 32.1 Å². The molecule has 0 aliphatic heterocycles. The summed E-state index contributed by atoms with van der Waals surface area (Å²) in [7, 11) is 1.42. The molecule has 0 rings (SSSR count). The molecule has 0 aromatic heterocycles. The minimum atomic E-state index is -0.127. The fraction of sp³-hybridized carbons (Fsp3) is 0.900. The van der Waals surface area contributed by atoms with Gasteiger partial charge in [0.05, 0.1) is 13.5 Å². The molecule has 0 unspecified atom stereocenters. The first-order chi connectivity index (χ1) is 6.81. The second-order valence-corrected chi connectivity index (χ2v) is 4.30. The summed E-state index contributed by atoms with van der Waals surface area (Å²) >= 11 is 1.79. The normalized spacial score (nSPS) is 10.1. The molecule has 3 nitrogen and oxygen atoms in total. The van der Waals surface area contributed by atoms with E-state index in [1.165, 1.54) is 20.0 Å². The Morgan fingerprint density at radius 3 is 2.57 bits per heavy atom. The van der Waals surface area contributed by atoms with Crippen molar-refractivity contribution < 1.29 is 14.6 Å². The average Bonchev–Trinajstić information content (AvgIpc) is 2.21. The number of methoxy groups -OCH3 is 1. The van der Waals surface area contributed by atoms with Crippen LogP contribution in [-0.4, -0.2) is 36.3 Å². The van der Waals surface area contributed by atoms with Crippen LogP contribution in [-0.2, 0) is 9.53 Å². The quantitative estimate of drug-likeness (QED) is 0.476. The van der Waals surface area contributed by atoms with Crippen LogP contribution >= 0.6 is 11.8 Å². The Kier molecular flexibility index (Phi) is 10.7. The first-order valence-corrected chi connectivity index (χ1v) is 6.22. The van der Waals surface area contributed by atoms with Crippen LogP contribution in [0.4, 0.5) is 0 Å². The maximum Gasteiger partial charge on any atom is 0.306 e. The monoisotopic (exact) mass is 220 g/mol. The first-order valence-electron chi connectivity index (χ1n) is 5.06. The van der Waals surface area contributed by atoms with Crippen molar-refractivity contribution in [3.63, 3.8) is 0 Å². The van der Waals surface area contributed by atoms with Gasteiger partial charge in [0.15, 0.2) is 0 Å². The van der Waals surface area contributed by atoms with E-state index in [0.717, 1.165) is 24.3 Å². The van der Waals surface area contributed by atoms with E-state index in [1.54, 1.807) is 11.8 Å². The number of thioether (sulfide) groups is 1. The highest BCUT2D eigenvalue weighted by atomic mass is 32.2. The Labute approximate surface area is 90.2 Å². The highest BCUT2D eigenvalue weighted by Gasteiger charge is 1.98. The van der Waals surface area contributed by atoms with Crippen LogP contribution < -0.4 is 0 Å². The van der Waals surface area contributed by atoms with E-state index in [-0.39, 0.29) is 5.97 Å². The topological polar surface area (TPSA) is 46.5 Å². The lowest BCUT2D eigenvalue weighted by Crippen LogP contribution is -2.01. The van der Waals surface area contributed by atoms with E-state index in [1.807, 2.05) is 0 Å². The number of unbranched alkanes of at least 4 members (excludes halogenated alkanes) is 3. The third-order valence-electron chi connectivity index (χ3n) is 1.87. The third kappa shape index (κ3) is 9.86. The van der Waals surface area contributed by atoms with Gasteiger partial charge in [-0.1, -0.05) is 12.8 Å². The summed E-state index contributed by atoms with van der Waals surface area (Å²) in [6.07, 6.45) is 4.87. The van der Waals surface area contributed by atoms with Crippen molar-refractivity contribution in [2.75, 3.05) is 25.2 Å². The molecule has 0 aliphatic carbocycles. The van der Waals surface area contributed by atoms with Crippen molar-refractivity contribution in [2.24, 2.45) is 0 Å². The molecule has 0 saturated carbocycles. The highest BCUT2D eigenvalue weighted by molar-refractivity contribution is 7.99. The van der Waals surface area contributed by atoms with Crippen molar-refractivity contribution >= 4 is 17.7 Å². The molecule has 0 heterocycles. The van der Waals surface area contributed by atoms with E-state index >= 15 is 0 Å². The number of aliphatic hydroxyl groups is 1. The minimum absolute atomic E-state index is 0.127. The van der Waals surface area contributed by atoms with E-state index in [4.69, 9.17) is 5.11 Å². The number of hydrogen-bond donors (Lipinski definition) is 1. The van der Waals surface area contributed by atoms with Crippen LogP contribution in [0.25, 0.3) is 0 Å². The van der Waals surface area contributed by atoms with Crippen LogP contribution in [0.2, 0.25) is 0 Å². The number of ether oxygens (including phenoxy) is 1. The SMILES string of the molecule is COC(=O)CCSCCCCCCO. The fourth-order valence-corrected chi connectivity index (χ4v) is 1.95. The van der Waals surface area contributed by atoms with Crippen LogP contribution in [0, 0.1) is 0 Å². The molecule has 0 fully saturated rings. The predicted octanol–water partition coefficient (Wildman–Crippen LogP) is 1.84. The zero-order valence-electron chi connectivity index (χ0n) is 8.83. The molecule has 0 aliphatic rings. The van der Waals surface area contributed by atoms with Crippen molar-refractivity contribution in [3.05, 3.63) is 0 Å². The third-order valence-corrected chi connectivity index (χ3v) is 2.95. The van der Waals surface area contributed by atoms with E-state index < -0.39 is 0 Å². The number of carbonyl (C=O) groups excluding carboxylic acids is 1. The van der Waals surface area contributed by atoms with Gasteiger partial charge in [0.2, 0.25) is 0 Å². The van der Waals surface area contributed by atoms with Gasteiger partial charge in [-0.05, 0) is 18.6 Å². The zero-order chi connectivity index (χ0) is 10.6. The summed E-state index contributed by atoms with van der Waals surface area (Å²) in [6, 6.07) is 0. The molecule has 0 amide bonds. The summed E-state index contributed by atoms with van der Waals surface area (Å²) in [5, 5.41) is 8.54. The Morgan fingerprint density at radius 1 is 1.21 bits per heavy atom. The largest absolute Gasteiger partial charge is 0.469 e. The Bertz CT molecular complexity index is 139. The lowest BCUT2D eigenvalue weighted by Gasteiger charge is -2.00. The standard InChI is InChI=1S/C10H20O3S/c1-13-10(12)6-9-14-8-5-3-2-4-7-11/h11H,2-9H2,1H3. The smallest absolute Gasteiger partial charge is 0.306 e. The number of hydrogen-bond acceptors (Lipinski definition) is 4. The van der Waals surface area contributed by atoms with Crippen LogP contribution in [0.3, 0.4) is 0 Å². The lowest BCUT2D eigenvalue weighted by molar-refractivity contribution is -0.140. The first kappa shape index (κ1) is 13.8. The van der Waals surface area contributed by atoms with Gasteiger partial charge in [-0.3, -0.25) is 4.79 Å². The number of carbonyl (C=O) groups is 1. The van der Waals surface area contributed by atoms with Crippen molar-refractivity contribution in [3.8, 4) is 0 Å². The number of esters is 1. The van der Waals surface area contributed by atoms with E-state index in [0.29, 0.717) is 13.0 Å². The van der Waals surface area contributed by atoms with Crippen LogP contribution in [0.15, 0.2) is 0 Å². The second kappa shape index (κ2) is 10.9. The molecule has 0 aromatic rings. The van der Waals surface area contributed by atoms with Gasteiger partial charge in [0.25, 0.3) is 0 Å². The summed E-state index contributed by atoms with van der Waals surface area (Å²) < 4.78 is 4.53. The molecular weight excluding hydrogens is 200 g/mol. The second-order valence-electron chi connectivity index (χ2n) is 3.08. The summed E-state index contributed by atoms with van der Waals surface area (Å²) in [6.45, 7) is 0.301. The van der Waals surface area contributed by atoms with Gasteiger partial charge in [0, 0.05) is 12.4 Å². The molecule has 0 saturated heterocycles. The Balaban J connectivity index is 2.95. The van der Waals surface area contributed by atoms with Crippen molar-refractivity contribution in [1.82, 2.24) is 0 Å². The maximum atomic E-state index is 10.7. The van der Waals surface area contributed by atoms with E-state index in [9.17, 15) is 4.79 Å². The molecule has 0 radical (unpaired) electrons. The summed E-state index contributed by atoms with van der Waals surface area (Å²) in [4.78, 5) is 10.7. The summed E-state index contributed by atoms with van der Waals surface area (Å²) in [5.74, 6) is 1.83. The van der Waals surface area contributed by atoms with E-state index in [2.05, 4.69) is 4.74 Å². The molecule has 1 N–H and O–H groups in total. The molecule has 4 heteroatoms. The number of aliphatic hydroxyl groups excluding tert-OH is 1. The highest BCUT2D eigenvalue weighted by Crippen LogP contribution is 2.08. The average molecular weight is 220 g/mol.